The first-order chi connectivity index (χ1) is 29.8. The lowest BCUT2D eigenvalue weighted by Gasteiger charge is -2.19. The van der Waals surface area contributed by atoms with E-state index in [2.05, 4.69) is 50.2 Å². The Morgan fingerprint density at radius 3 is 1.10 bits per heavy atom. The normalized spacial score (nSPS) is 15.5. The Kier molecular flexibility index (Phi) is 40.8. The number of phosphoric acid groups is 2. The first-order valence-electron chi connectivity index (χ1n) is 23.4. The minimum Gasteiger partial charge on any atom is -0.463 e. The van der Waals surface area contributed by atoms with E-state index in [0.717, 1.165) is 70.6 Å². The lowest BCUT2D eigenvalue weighted by atomic mass is 10.0. The SMILES string of the molecule is CC/C=C/C=C/C=C/CCCCCCCCCC(=O)OCC(O)COP(=O)(O)OCC(O)COP(=O)(O)OCC(O)COC(=O)CCCCCCCCCCCCCCCCC. The molecule has 5 atom stereocenters. The van der Waals surface area contributed by atoms with Crippen LogP contribution in [0.5, 0.6) is 0 Å². The van der Waals surface area contributed by atoms with Crippen molar-refractivity contribution in [2.24, 2.45) is 0 Å². The summed E-state index contributed by atoms with van der Waals surface area (Å²) in [6.45, 7) is 0.286. The van der Waals surface area contributed by atoms with E-state index in [1.807, 2.05) is 18.2 Å². The molecular formula is C45H84O15P2. The highest BCUT2D eigenvalue weighted by Gasteiger charge is 2.28. The van der Waals surface area contributed by atoms with E-state index in [1.54, 1.807) is 0 Å². The molecular weight excluding hydrogens is 842 g/mol. The molecule has 0 aromatic carbocycles. The number of phosphoric ester groups is 2. The van der Waals surface area contributed by atoms with Gasteiger partial charge in [-0.15, -0.1) is 0 Å². The molecule has 0 aliphatic heterocycles. The van der Waals surface area contributed by atoms with Crippen molar-refractivity contribution in [1.82, 2.24) is 0 Å². The summed E-state index contributed by atoms with van der Waals surface area (Å²) in [6, 6.07) is 0. The smallest absolute Gasteiger partial charge is 0.463 e. The van der Waals surface area contributed by atoms with E-state index in [-0.39, 0.29) is 12.8 Å². The van der Waals surface area contributed by atoms with Crippen LogP contribution in [0.1, 0.15) is 181 Å². The van der Waals surface area contributed by atoms with Gasteiger partial charge in [-0.05, 0) is 32.1 Å². The Morgan fingerprint density at radius 1 is 0.435 bits per heavy atom. The molecule has 364 valence electrons. The van der Waals surface area contributed by atoms with E-state index >= 15 is 0 Å². The lowest BCUT2D eigenvalue weighted by molar-refractivity contribution is -0.148. The van der Waals surface area contributed by atoms with Gasteiger partial charge in [0, 0.05) is 12.8 Å². The number of rotatable bonds is 45. The van der Waals surface area contributed by atoms with E-state index in [1.165, 1.54) is 70.6 Å². The van der Waals surface area contributed by atoms with Gasteiger partial charge in [0.25, 0.3) is 0 Å². The number of carbonyl (C=O) groups excluding carboxylic acids is 2. The molecule has 5 N–H and O–H groups in total. The fraction of sp³-hybridized carbons (Fsp3) is 0.822. The van der Waals surface area contributed by atoms with Gasteiger partial charge in [0.1, 0.15) is 31.5 Å². The molecule has 0 heterocycles. The summed E-state index contributed by atoms with van der Waals surface area (Å²) in [4.78, 5) is 43.7. The van der Waals surface area contributed by atoms with Crippen LogP contribution in [0.2, 0.25) is 0 Å². The Labute approximate surface area is 373 Å². The summed E-state index contributed by atoms with van der Waals surface area (Å²) in [5.41, 5.74) is 0. The third-order valence-electron chi connectivity index (χ3n) is 9.67. The zero-order valence-corrected chi connectivity index (χ0v) is 39.8. The first kappa shape index (κ1) is 60.3. The van der Waals surface area contributed by atoms with E-state index in [4.69, 9.17) is 9.47 Å². The number of aliphatic hydroxyl groups is 3. The van der Waals surface area contributed by atoms with Crippen molar-refractivity contribution in [1.29, 1.82) is 0 Å². The topological polar surface area (TPSA) is 225 Å². The van der Waals surface area contributed by atoms with E-state index in [9.17, 15) is 43.8 Å². The van der Waals surface area contributed by atoms with E-state index < -0.39 is 85.5 Å². The quantitative estimate of drug-likeness (QED) is 0.0166. The van der Waals surface area contributed by atoms with Crippen LogP contribution in [-0.4, -0.2) is 95.0 Å². The molecule has 0 fully saturated rings. The molecule has 0 saturated carbocycles. The number of esters is 2. The van der Waals surface area contributed by atoms with Crippen LogP contribution in [0.25, 0.3) is 0 Å². The molecule has 0 spiro atoms. The van der Waals surface area contributed by atoms with Crippen LogP contribution in [0.3, 0.4) is 0 Å². The van der Waals surface area contributed by atoms with Gasteiger partial charge in [-0.3, -0.25) is 27.7 Å². The average Bonchev–Trinajstić information content (AvgIpc) is 3.24. The van der Waals surface area contributed by atoms with Crippen LogP contribution in [-0.2, 0) is 46.3 Å². The molecule has 17 heteroatoms. The largest absolute Gasteiger partial charge is 0.472 e. The Morgan fingerprint density at radius 2 is 0.742 bits per heavy atom. The third-order valence-corrected chi connectivity index (χ3v) is 11.6. The minimum atomic E-state index is -4.78. The second-order valence-electron chi connectivity index (χ2n) is 15.8. The molecule has 0 aromatic rings. The van der Waals surface area contributed by atoms with Crippen molar-refractivity contribution in [3.05, 3.63) is 36.5 Å². The third kappa shape index (κ3) is 43.5. The molecule has 0 saturated heterocycles. The molecule has 5 unspecified atom stereocenters. The molecule has 15 nitrogen and oxygen atoms in total. The summed E-state index contributed by atoms with van der Waals surface area (Å²) in [7, 11) is -9.57. The van der Waals surface area contributed by atoms with Gasteiger partial charge in [0.15, 0.2) is 0 Å². The first-order valence-corrected chi connectivity index (χ1v) is 26.4. The number of unbranched alkanes of at least 4 members (excludes halogenated alkanes) is 21. The summed E-state index contributed by atoms with van der Waals surface area (Å²) < 4.78 is 52.9. The molecule has 0 bridgehead atoms. The van der Waals surface area contributed by atoms with Crippen LogP contribution < -0.4 is 0 Å². The van der Waals surface area contributed by atoms with Gasteiger partial charge < -0.3 is 34.6 Å². The summed E-state index contributed by atoms with van der Waals surface area (Å²) in [5.74, 6) is -1.00. The predicted octanol–water partition coefficient (Wildman–Crippen LogP) is 10.3. The predicted molar refractivity (Wildman–Crippen MR) is 242 cm³/mol. The van der Waals surface area contributed by atoms with Crippen molar-refractivity contribution >= 4 is 27.6 Å². The molecule has 62 heavy (non-hydrogen) atoms. The van der Waals surface area contributed by atoms with Crippen molar-refractivity contribution < 1.29 is 71.4 Å². The number of aliphatic hydroxyl groups excluding tert-OH is 3. The Bertz CT molecular complexity index is 1260. The Hall–Kier alpha value is -1.74. The zero-order valence-electron chi connectivity index (χ0n) is 38.0. The van der Waals surface area contributed by atoms with Gasteiger partial charge in [-0.1, -0.05) is 172 Å². The number of allylic oxidation sites excluding steroid dienone is 6. The van der Waals surface area contributed by atoms with Crippen LogP contribution >= 0.6 is 15.6 Å². The molecule has 0 aliphatic rings. The average molecular weight is 927 g/mol. The van der Waals surface area contributed by atoms with Gasteiger partial charge >= 0.3 is 27.6 Å². The summed E-state index contributed by atoms with van der Waals surface area (Å²) in [5, 5.41) is 30.0. The van der Waals surface area contributed by atoms with Crippen molar-refractivity contribution in [2.45, 2.75) is 199 Å². The lowest BCUT2D eigenvalue weighted by Crippen LogP contribution is -2.25. The molecule has 0 rings (SSSR count). The van der Waals surface area contributed by atoms with Crippen LogP contribution in [0.4, 0.5) is 0 Å². The molecule has 0 radical (unpaired) electrons. The zero-order chi connectivity index (χ0) is 46.0. The second-order valence-corrected chi connectivity index (χ2v) is 18.7. The van der Waals surface area contributed by atoms with Crippen LogP contribution in [0.15, 0.2) is 36.5 Å². The van der Waals surface area contributed by atoms with Gasteiger partial charge in [-0.2, -0.15) is 0 Å². The van der Waals surface area contributed by atoms with Crippen molar-refractivity contribution in [3.63, 3.8) is 0 Å². The summed E-state index contributed by atoms with van der Waals surface area (Å²) >= 11 is 0. The standard InChI is InChI=1S/C45H84O15P2/c1-3-5-7-9-11-13-15-17-19-21-23-25-27-29-31-33-44(49)55-35-41(46)37-57-61(51,52)59-39-43(48)40-60-62(53,54)58-38-42(47)36-56-45(50)34-32-30-28-26-24-22-20-18-16-14-12-10-8-6-4-2/h5,7,9,11,13,15,41-43,46-48H,3-4,6,8,10,12,14,16-40H2,1-2H3,(H,51,52)(H,53,54)/b7-5+,11-9+,15-13+. The minimum absolute atomic E-state index is 0.183. The van der Waals surface area contributed by atoms with Gasteiger partial charge in [0.05, 0.1) is 26.4 Å². The second kappa shape index (κ2) is 41.9. The van der Waals surface area contributed by atoms with Gasteiger partial charge in [-0.25, -0.2) is 9.13 Å². The monoisotopic (exact) mass is 927 g/mol. The maximum atomic E-state index is 12.1. The molecule has 0 aliphatic carbocycles. The number of ether oxygens (including phenoxy) is 2. The Balaban J connectivity index is 3.89. The van der Waals surface area contributed by atoms with Crippen molar-refractivity contribution in [3.8, 4) is 0 Å². The molecule has 0 aromatic heterocycles. The van der Waals surface area contributed by atoms with Crippen molar-refractivity contribution in [2.75, 3.05) is 39.6 Å². The highest BCUT2D eigenvalue weighted by atomic mass is 31.2. The molecule has 0 amide bonds. The number of carbonyl (C=O) groups is 2. The number of hydrogen-bond acceptors (Lipinski definition) is 13. The maximum absolute atomic E-state index is 12.1. The highest BCUT2D eigenvalue weighted by molar-refractivity contribution is 7.47. The van der Waals surface area contributed by atoms with Gasteiger partial charge in [0.2, 0.25) is 0 Å². The highest BCUT2D eigenvalue weighted by Crippen LogP contribution is 2.45. The van der Waals surface area contributed by atoms with Crippen LogP contribution in [0, 0.1) is 0 Å². The summed E-state index contributed by atoms with van der Waals surface area (Å²) in [6.07, 6.45) is 35.6. The maximum Gasteiger partial charge on any atom is 0.472 e. The number of hydrogen-bond donors (Lipinski definition) is 5. The van der Waals surface area contributed by atoms with E-state index in [0.29, 0.717) is 12.8 Å². The fourth-order valence-electron chi connectivity index (χ4n) is 6.04. The fourth-order valence-corrected chi connectivity index (χ4v) is 7.63.